The maximum Gasteiger partial charge on any atom is 0.253 e. The molecule has 132 valence electrons. The van der Waals surface area contributed by atoms with E-state index in [1.54, 1.807) is 41.3 Å². The lowest BCUT2D eigenvalue weighted by atomic mass is 9.96. The van der Waals surface area contributed by atoms with Crippen LogP contribution in [0.2, 0.25) is 5.02 Å². The summed E-state index contributed by atoms with van der Waals surface area (Å²) in [6.07, 6.45) is 2.92. The highest BCUT2D eigenvalue weighted by Gasteiger charge is 2.29. The molecule has 0 spiro atoms. The number of aromatic nitrogens is 1. The Hall–Kier alpha value is -2.91. The SMILES string of the molecule is N#Cc1cccc(C(=O)N2CCCC(C(=O)Nc3ccc(Cl)cn3)C2)c1. The van der Waals surface area contributed by atoms with Gasteiger partial charge in [0.25, 0.3) is 5.91 Å². The highest BCUT2D eigenvalue weighted by molar-refractivity contribution is 6.30. The fraction of sp³-hybridized carbons (Fsp3) is 0.263. The Kier molecular flexibility index (Phi) is 5.49. The molecule has 1 atom stereocenters. The molecule has 7 heteroatoms. The van der Waals surface area contributed by atoms with Crippen molar-refractivity contribution in [3.8, 4) is 6.07 Å². The number of anilines is 1. The third kappa shape index (κ3) is 4.19. The van der Waals surface area contributed by atoms with Crippen LogP contribution in [0.15, 0.2) is 42.6 Å². The van der Waals surface area contributed by atoms with E-state index in [0.717, 1.165) is 6.42 Å². The first kappa shape index (κ1) is 17.9. The molecule has 1 aromatic heterocycles. The largest absolute Gasteiger partial charge is 0.338 e. The van der Waals surface area contributed by atoms with E-state index in [-0.39, 0.29) is 17.7 Å². The number of nitriles is 1. The van der Waals surface area contributed by atoms with E-state index in [1.165, 1.54) is 6.20 Å². The van der Waals surface area contributed by atoms with Crippen LogP contribution in [0.5, 0.6) is 0 Å². The highest BCUT2D eigenvalue weighted by Crippen LogP contribution is 2.21. The zero-order valence-corrected chi connectivity index (χ0v) is 14.7. The Morgan fingerprint density at radius 3 is 2.88 bits per heavy atom. The standard InChI is InChI=1S/C19H17ClN4O2/c20-16-6-7-17(22-11-16)23-18(25)15-5-2-8-24(12-15)19(26)14-4-1-3-13(9-14)10-21/h1,3-4,6-7,9,11,15H,2,5,8,12H2,(H,22,23,25). The van der Waals surface area contributed by atoms with Gasteiger partial charge in [0, 0.05) is 24.8 Å². The summed E-state index contributed by atoms with van der Waals surface area (Å²) >= 11 is 5.79. The van der Waals surface area contributed by atoms with Crippen molar-refractivity contribution in [3.63, 3.8) is 0 Å². The van der Waals surface area contributed by atoms with Gasteiger partial charge >= 0.3 is 0 Å². The van der Waals surface area contributed by atoms with Gasteiger partial charge in [-0.3, -0.25) is 9.59 Å². The number of halogens is 1. The predicted octanol–water partition coefficient (Wildman–Crippen LogP) is 3.10. The maximum atomic E-state index is 12.7. The predicted molar refractivity (Wildman–Crippen MR) is 97.7 cm³/mol. The summed E-state index contributed by atoms with van der Waals surface area (Å²) in [5.74, 6) is -0.193. The molecule has 1 unspecified atom stereocenters. The lowest BCUT2D eigenvalue weighted by Gasteiger charge is -2.32. The van der Waals surface area contributed by atoms with E-state index in [1.807, 2.05) is 6.07 Å². The zero-order valence-electron chi connectivity index (χ0n) is 14.0. The summed E-state index contributed by atoms with van der Waals surface area (Å²) in [4.78, 5) is 30.9. The average Bonchev–Trinajstić information content (AvgIpc) is 2.69. The van der Waals surface area contributed by atoms with E-state index in [2.05, 4.69) is 10.3 Å². The van der Waals surface area contributed by atoms with Crippen molar-refractivity contribution in [1.82, 2.24) is 9.88 Å². The van der Waals surface area contributed by atoms with Crippen molar-refractivity contribution < 1.29 is 9.59 Å². The summed E-state index contributed by atoms with van der Waals surface area (Å²) in [7, 11) is 0. The number of nitrogens with one attached hydrogen (secondary N) is 1. The van der Waals surface area contributed by atoms with Crippen LogP contribution in [-0.4, -0.2) is 34.8 Å². The number of amides is 2. The van der Waals surface area contributed by atoms with Gasteiger partial charge in [0.2, 0.25) is 5.91 Å². The molecule has 1 aliphatic heterocycles. The van der Waals surface area contributed by atoms with Gasteiger partial charge in [-0.25, -0.2) is 4.98 Å². The summed E-state index contributed by atoms with van der Waals surface area (Å²) in [5.41, 5.74) is 0.903. The van der Waals surface area contributed by atoms with Crippen LogP contribution >= 0.6 is 11.6 Å². The van der Waals surface area contributed by atoms with Crippen LogP contribution in [0.1, 0.15) is 28.8 Å². The number of nitrogens with zero attached hydrogens (tertiary/aromatic N) is 3. The average molecular weight is 369 g/mol. The van der Waals surface area contributed by atoms with Gasteiger partial charge < -0.3 is 10.2 Å². The molecule has 2 amide bonds. The molecule has 6 nitrogen and oxygen atoms in total. The van der Waals surface area contributed by atoms with Crippen LogP contribution in [-0.2, 0) is 4.79 Å². The summed E-state index contributed by atoms with van der Waals surface area (Å²) in [5, 5.41) is 12.2. The van der Waals surface area contributed by atoms with Crippen molar-refractivity contribution in [1.29, 1.82) is 5.26 Å². The minimum absolute atomic E-state index is 0.163. The second-order valence-corrected chi connectivity index (χ2v) is 6.57. The van der Waals surface area contributed by atoms with Crippen molar-refractivity contribution in [2.75, 3.05) is 18.4 Å². The Bertz CT molecular complexity index is 861. The van der Waals surface area contributed by atoms with Gasteiger partial charge in [0.05, 0.1) is 22.6 Å². The number of benzene rings is 1. The number of hydrogen-bond donors (Lipinski definition) is 1. The van der Waals surface area contributed by atoms with Crippen molar-refractivity contribution in [3.05, 3.63) is 58.7 Å². The van der Waals surface area contributed by atoms with Gasteiger partial charge in [-0.1, -0.05) is 17.7 Å². The van der Waals surface area contributed by atoms with Crippen LogP contribution in [0, 0.1) is 17.2 Å². The zero-order chi connectivity index (χ0) is 18.5. The Morgan fingerprint density at radius 2 is 2.15 bits per heavy atom. The van der Waals surface area contributed by atoms with E-state index in [9.17, 15) is 9.59 Å². The van der Waals surface area contributed by atoms with E-state index >= 15 is 0 Å². The number of pyridine rings is 1. The molecular weight excluding hydrogens is 352 g/mol. The second-order valence-electron chi connectivity index (χ2n) is 6.13. The van der Waals surface area contributed by atoms with Crippen molar-refractivity contribution in [2.45, 2.75) is 12.8 Å². The van der Waals surface area contributed by atoms with Gasteiger partial charge in [-0.15, -0.1) is 0 Å². The van der Waals surface area contributed by atoms with Gasteiger partial charge in [0.15, 0.2) is 0 Å². The van der Waals surface area contributed by atoms with E-state index < -0.39 is 0 Å². The molecule has 2 aromatic rings. The second kappa shape index (κ2) is 7.98. The first-order valence-corrected chi connectivity index (χ1v) is 8.66. The van der Waals surface area contributed by atoms with Crippen molar-refractivity contribution >= 4 is 29.2 Å². The third-order valence-electron chi connectivity index (χ3n) is 4.30. The maximum absolute atomic E-state index is 12.7. The monoisotopic (exact) mass is 368 g/mol. The van der Waals surface area contributed by atoms with Crippen LogP contribution in [0.4, 0.5) is 5.82 Å². The first-order valence-electron chi connectivity index (χ1n) is 8.28. The molecule has 2 heterocycles. The van der Waals surface area contributed by atoms with Crippen LogP contribution in [0.3, 0.4) is 0 Å². The fourth-order valence-corrected chi connectivity index (χ4v) is 3.07. The molecule has 1 fully saturated rings. The Labute approximate surface area is 156 Å². The number of carbonyl (C=O) groups is 2. The molecule has 0 saturated carbocycles. The molecule has 1 aliphatic rings. The molecule has 1 N–H and O–H groups in total. The summed E-state index contributed by atoms with van der Waals surface area (Å²) in [6.45, 7) is 0.938. The number of likely N-dealkylation sites (tertiary alicyclic amines) is 1. The van der Waals surface area contributed by atoms with Gasteiger partial charge in [-0.05, 0) is 43.2 Å². The highest BCUT2D eigenvalue weighted by atomic mass is 35.5. The minimum atomic E-state index is -0.302. The molecule has 0 bridgehead atoms. The van der Waals surface area contributed by atoms with E-state index in [0.29, 0.717) is 41.5 Å². The van der Waals surface area contributed by atoms with Gasteiger partial charge in [0.1, 0.15) is 5.82 Å². The topological polar surface area (TPSA) is 86.1 Å². The molecule has 0 radical (unpaired) electrons. The van der Waals surface area contributed by atoms with E-state index in [4.69, 9.17) is 16.9 Å². The lowest BCUT2D eigenvalue weighted by molar-refractivity contribution is -0.121. The normalized spacial score (nSPS) is 16.6. The van der Waals surface area contributed by atoms with Crippen LogP contribution < -0.4 is 5.32 Å². The van der Waals surface area contributed by atoms with Crippen molar-refractivity contribution in [2.24, 2.45) is 5.92 Å². The van der Waals surface area contributed by atoms with Gasteiger partial charge in [-0.2, -0.15) is 5.26 Å². The quantitative estimate of drug-likeness (QED) is 0.901. The first-order chi connectivity index (χ1) is 12.6. The number of piperidine rings is 1. The minimum Gasteiger partial charge on any atom is -0.338 e. The third-order valence-corrected chi connectivity index (χ3v) is 4.52. The number of rotatable bonds is 3. The number of hydrogen-bond acceptors (Lipinski definition) is 4. The lowest BCUT2D eigenvalue weighted by Crippen LogP contribution is -2.43. The van der Waals surface area contributed by atoms with Crippen LogP contribution in [0.25, 0.3) is 0 Å². The Morgan fingerprint density at radius 1 is 1.31 bits per heavy atom. The molecule has 0 aliphatic carbocycles. The molecule has 1 saturated heterocycles. The summed E-state index contributed by atoms with van der Waals surface area (Å²) < 4.78 is 0. The molecular formula is C19H17ClN4O2. The smallest absolute Gasteiger partial charge is 0.253 e. The molecule has 3 rings (SSSR count). The Balaban J connectivity index is 1.66. The number of carbonyl (C=O) groups excluding carboxylic acids is 2. The molecule has 26 heavy (non-hydrogen) atoms. The molecule has 1 aromatic carbocycles. The fourth-order valence-electron chi connectivity index (χ4n) is 2.96. The summed E-state index contributed by atoms with van der Waals surface area (Å²) in [6, 6.07) is 11.9.